The molecule has 0 radical (unpaired) electrons. The molecule has 8 heteroatoms. The average Bonchev–Trinajstić information content (AvgIpc) is 2.72. The van der Waals surface area contributed by atoms with Gasteiger partial charge in [0.2, 0.25) is 0 Å². The predicted molar refractivity (Wildman–Crippen MR) is 113 cm³/mol. The number of esters is 2. The first-order valence-electron chi connectivity index (χ1n) is 11.2. The number of rotatable bonds is 8. The van der Waals surface area contributed by atoms with E-state index in [1.54, 1.807) is 13.8 Å². The van der Waals surface area contributed by atoms with Crippen molar-refractivity contribution in [1.82, 2.24) is 0 Å². The van der Waals surface area contributed by atoms with Gasteiger partial charge < -0.3 is 19.7 Å². The molecule has 0 aromatic rings. The number of aliphatic carboxylic acids is 2. The predicted octanol–water partition coefficient (Wildman–Crippen LogP) is 4.11. The lowest BCUT2D eigenvalue weighted by Gasteiger charge is -2.21. The first kappa shape index (κ1) is 26.7. The zero-order valence-corrected chi connectivity index (χ0v) is 18.6. The van der Waals surface area contributed by atoms with Crippen LogP contribution in [-0.2, 0) is 28.7 Å². The molecule has 2 fully saturated rings. The SMILES string of the molecule is CC(C)CC(C(=O)O)C(=O)O.O=C(/C=C\C(=O)OC1CCCCC1)OC1CCCCC1. The van der Waals surface area contributed by atoms with E-state index in [1.165, 1.54) is 25.0 Å². The quantitative estimate of drug-likeness (QED) is 0.328. The third-order valence-corrected chi connectivity index (χ3v) is 5.33. The molecular weight excluding hydrogens is 404 g/mol. The fourth-order valence-electron chi connectivity index (χ4n) is 3.69. The minimum Gasteiger partial charge on any atom is -0.481 e. The van der Waals surface area contributed by atoms with Crippen LogP contribution in [0.2, 0.25) is 0 Å². The van der Waals surface area contributed by atoms with Gasteiger partial charge in [-0.2, -0.15) is 0 Å². The zero-order chi connectivity index (χ0) is 23.2. The van der Waals surface area contributed by atoms with Crippen LogP contribution in [0, 0.1) is 11.8 Å². The Kier molecular flexibility index (Phi) is 12.5. The first-order valence-corrected chi connectivity index (χ1v) is 11.2. The Labute approximate surface area is 184 Å². The zero-order valence-electron chi connectivity index (χ0n) is 18.6. The third kappa shape index (κ3) is 12.2. The molecule has 0 bridgehead atoms. The lowest BCUT2D eigenvalue weighted by atomic mass is 9.98. The van der Waals surface area contributed by atoms with Crippen LogP contribution >= 0.6 is 0 Å². The van der Waals surface area contributed by atoms with Crippen LogP contribution in [0.5, 0.6) is 0 Å². The molecule has 2 rings (SSSR count). The summed E-state index contributed by atoms with van der Waals surface area (Å²) in [5.41, 5.74) is 0. The van der Waals surface area contributed by atoms with Gasteiger partial charge in [-0.15, -0.1) is 0 Å². The summed E-state index contributed by atoms with van der Waals surface area (Å²) >= 11 is 0. The van der Waals surface area contributed by atoms with Crippen molar-refractivity contribution in [3.8, 4) is 0 Å². The highest BCUT2D eigenvalue weighted by Crippen LogP contribution is 2.21. The van der Waals surface area contributed by atoms with Crippen molar-refractivity contribution in [1.29, 1.82) is 0 Å². The Balaban J connectivity index is 0.000000373. The standard InChI is InChI=1S/C16H24O4.C7H12O4/c17-15(19-13-7-3-1-4-8-13)11-12-16(18)20-14-9-5-2-6-10-14;1-4(2)3-5(6(8)9)7(10)11/h11-14H,1-10H2;4-5H,3H2,1-2H3,(H,8,9)(H,10,11)/b12-11-;. The molecule has 176 valence electrons. The molecule has 2 aliphatic carbocycles. The molecule has 2 N–H and O–H groups in total. The van der Waals surface area contributed by atoms with Crippen molar-refractivity contribution in [3.63, 3.8) is 0 Å². The summed E-state index contributed by atoms with van der Waals surface area (Å²) in [5.74, 6) is -4.55. The van der Waals surface area contributed by atoms with E-state index < -0.39 is 29.8 Å². The first-order chi connectivity index (χ1) is 14.7. The Morgan fingerprint density at radius 1 is 0.742 bits per heavy atom. The monoisotopic (exact) mass is 440 g/mol. The van der Waals surface area contributed by atoms with Crippen LogP contribution in [0.3, 0.4) is 0 Å². The molecule has 0 aromatic heterocycles. The second-order valence-corrected chi connectivity index (χ2v) is 8.59. The minimum absolute atomic E-state index is 0.0234. The maximum Gasteiger partial charge on any atom is 0.331 e. The summed E-state index contributed by atoms with van der Waals surface area (Å²) < 4.78 is 10.6. The summed E-state index contributed by atoms with van der Waals surface area (Å²) in [6, 6.07) is 0. The van der Waals surface area contributed by atoms with Gasteiger partial charge in [0.15, 0.2) is 5.92 Å². The van der Waals surface area contributed by atoms with Gasteiger partial charge in [-0.25, -0.2) is 9.59 Å². The van der Waals surface area contributed by atoms with Crippen molar-refractivity contribution >= 4 is 23.9 Å². The van der Waals surface area contributed by atoms with E-state index in [2.05, 4.69) is 0 Å². The van der Waals surface area contributed by atoms with E-state index in [4.69, 9.17) is 19.7 Å². The summed E-state index contributed by atoms with van der Waals surface area (Å²) in [6.07, 6.45) is 13.3. The van der Waals surface area contributed by atoms with E-state index in [9.17, 15) is 19.2 Å². The largest absolute Gasteiger partial charge is 0.481 e. The molecule has 0 spiro atoms. The van der Waals surface area contributed by atoms with Gasteiger partial charge in [0, 0.05) is 12.2 Å². The maximum atomic E-state index is 11.6. The normalized spacial score (nSPS) is 17.8. The Hall–Kier alpha value is -2.38. The Morgan fingerprint density at radius 2 is 1.10 bits per heavy atom. The third-order valence-electron chi connectivity index (χ3n) is 5.33. The fourth-order valence-corrected chi connectivity index (χ4v) is 3.69. The minimum atomic E-state index is -1.26. The molecular formula is C23H36O8. The van der Waals surface area contributed by atoms with Crippen molar-refractivity contribution < 1.29 is 38.9 Å². The van der Waals surface area contributed by atoms with Gasteiger partial charge >= 0.3 is 23.9 Å². The van der Waals surface area contributed by atoms with Crippen molar-refractivity contribution in [2.24, 2.45) is 11.8 Å². The average molecular weight is 441 g/mol. The van der Waals surface area contributed by atoms with Gasteiger partial charge in [-0.05, 0) is 63.7 Å². The van der Waals surface area contributed by atoms with Crippen molar-refractivity contribution in [3.05, 3.63) is 12.2 Å². The summed E-state index contributed by atoms with van der Waals surface area (Å²) in [7, 11) is 0. The molecule has 2 saturated carbocycles. The van der Waals surface area contributed by atoms with Crippen LogP contribution in [-0.4, -0.2) is 46.3 Å². The highest BCUT2D eigenvalue weighted by Gasteiger charge is 2.26. The van der Waals surface area contributed by atoms with Crippen LogP contribution in [0.1, 0.15) is 84.5 Å². The van der Waals surface area contributed by atoms with Crippen LogP contribution in [0.15, 0.2) is 12.2 Å². The number of hydrogen-bond acceptors (Lipinski definition) is 6. The van der Waals surface area contributed by atoms with Crippen LogP contribution in [0.4, 0.5) is 0 Å². The number of hydrogen-bond donors (Lipinski definition) is 2. The smallest absolute Gasteiger partial charge is 0.331 e. The number of carboxylic acids is 2. The van der Waals surface area contributed by atoms with E-state index in [0.717, 1.165) is 51.4 Å². The van der Waals surface area contributed by atoms with Gasteiger partial charge in [0.25, 0.3) is 0 Å². The molecule has 8 nitrogen and oxygen atoms in total. The van der Waals surface area contributed by atoms with Gasteiger partial charge in [-0.1, -0.05) is 26.7 Å². The topological polar surface area (TPSA) is 127 Å². The lowest BCUT2D eigenvalue weighted by molar-refractivity contribution is -0.155. The molecule has 0 atom stereocenters. The highest BCUT2D eigenvalue weighted by atomic mass is 16.5. The molecule has 0 unspecified atom stereocenters. The summed E-state index contributed by atoms with van der Waals surface area (Å²) in [5, 5.41) is 16.8. The fraction of sp³-hybridized carbons (Fsp3) is 0.739. The highest BCUT2D eigenvalue weighted by molar-refractivity contribution is 5.93. The number of carbonyl (C=O) groups is 4. The van der Waals surface area contributed by atoms with E-state index in [1.807, 2.05) is 0 Å². The molecule has 0 aliphatic heterocycles. The van der Waals surface area contributed by atoms with Crippen molar-refractivity contribution in [2.75, 3.05) is 0 Å². The molecule has 0 amide bonds. The molecule has 2 aliphatic rings. The Bertz CT molecular complexity index is 565. The second-order valence-electron chi connectivity index (χ2n) is 8.59. The summed E-state index contributed by atoms with van der Waals surface area (Å²) in [4.78, 5) is 43.8. The number of carboxylic acid groups (broad SMARTS) is 2. The van der Waals surface area contributed by atoms with Gasteiger partial charge in [0.1, 0.15) is 12.2 Å². The summed E-state index contributed by atoms with van der Waals surface area (Å²) in [6.45, 7) is 3.58. The Morgan fingerprint density at radius 3 is 1.35 bits per heavy atom. The van der Waals surface area contributed by atoms with E-state index >= 15 is 0 Å². The molecule has 0 aromatic carbocycles. The number of carbonyl (C=O) groups excluding carboxylic acids is 2. The van der Waals surface area contributed by atoms with Gasteiger partial charge in [-0.3, -0.25) is 9.59 Å². The van der Waals surface area contributed by atoms with Crippen molar-refractivity contribution in [2.45, 2.75) is 96.7 Å². The van der Waals surface area contributed by atoms with Crippen LogP contribution < -0.4 is 0 Å². The van der Waals surface area contributed by atoms with Crippen LogP contribution in [0.25, 0.3) is 0 Å². The van der Waals surface area contributed by atoms with Gasteiger partial charge in [0.05, 0.1) is 0 Å². The maximum absolute atomic E-state index is 11.6. The van der Waals surface area contributed by atoms with E-state index in [-0.39, 0.29) is 24.5 Å². The molecule has 31 heavy (non-hydrogen) atoms. The lowest BCUT2D eigenvalue weighted by Crippen LogP contribution is -2.24. The molecule has 0 heterocycles. The molecule has 0 saturated heterocycles. The number of ether oxygens (including phenoxy) is 2. The second kappa shape index (κ2) is 14.6. The van der Waals surface area contributed by atoms with E-state index in [0.29, 0.717) is 0 Å².